The molecule has 0 saturated heterocycles. The summed E-state index contributed by atoms with van der Waals surface area (Å²) >= 11 is 2.41. The fraction of sp³-hybridized carbons (Fsp3) is 0.120. The van der Waals surface area contributed by atoms with Gasteiger partial charge in [0.05, 0.1) is 44.1 Å². The smallest absolute Gasteiger partial charge is 0.266 e. The molecule has 0 saturated carbocycles. The molecule has 194 valence electrons. The third-order valence-corrected chi connectivity index (χ3v) is 8.22. The molecule has 0 aliphatic carbocycles. The maximum Gasteiger partial charge on any atom is 0.266 e. The molecule has 0 unspecified atom stereocenters. The molecule has 38 heavy (non-hydrogen) atoms. The number of fused-ring (bicyclic) bond motifs is 2. The topological polar surface area (TPSA) is 146 Å². The van der Waals surface area contributed by atoms with Crippen molar-refractivity contribution in [2.75, 3.05) is 17.7 Å². The highest BCUT2D eigenvalue weighted by Gasteiger charge is 2.17. The standard InChI is InChI=1S/C25H21N5O5S3/c1-2-35-16-9-12-20-21(13-16)37-24(27-20)29-22(31)14-36-25-28-19-6-4-3-5-18(19)23(32)30(25)15-7-10-17(11-8-15)38(26,33)34/h3-13H,2,14H2,1H3,(H2,26,33,34)(H,27,29,31). The van der Waals surface area contributed by atoms with Gasteiger partial charge in [-0.25, -0.2) is 23.5 Å². The number of benzene rings is 3. The zero-order valence-electron chi connectivity index (χ0n) is 20.0. The summed E-state index contributed by atoms with van der Waals surface area (Å²) in [6.07, 6.45) is 0. The van der Waals surface area contributed by atoms with Crippen molar-refractivity contribution in [3.8, 4) is 11.4 Å². The molecular weight excluding hydrogens is 547 g/mol. The lowest BCUT2D eigenvalue weighted by atomic mass is 10.2. The largest absolute Gasteiger partial charge is 0.494 e. The Morgan fingerprint density at radius 2 is 1.84 bits per heavy atom. The Hall–Kier alpha value is -3.78. The molecule has 10 nitrogen and oxygen atoms in total. The number of thioether (sulfide) groups is 1. The minimum absolute atomic E-state index is 0.0415. The molecular formula is C25H21N5O5S3. The average molecular weight is 568 g/mol. The third kappa shape index (κ3) is 5.41. The summed E-state index contributed by atoms with van der Waals surface area (Å²) in [5, 5.41) is 9.11. The van der Waals surface area contributed by atoms with Gasteiger partial charge in [0.15, 0.2) is 10.3 Å². The minimum atomic E-state index is -3.90. The van der Waals surface area contributed by atoms with E-state index in [1.165, 1.54) is 40.2 Å². The van der Waals surface area contributed by atoms with E-state index < -0.39 is 10.0 Å². The molecule has 1 amide bonds. The average Bonchev–Trinajstić information content (AvgIpc) is 3.29. The second-order valence-electron chi connectivity index (χ2n) is 8.01. The van der Waals surface area contributed by atoms with Crippen LogP contribution in [-0.4, -0.2) is 41.2 Å². The number of nitrogens with one attached hydrogen (secondary N) is 1. The Kier molecular flexibility index (Phi) is 7.17. The molecule has 0 aliphatic heterocycles. The molecule has 3 N–H and O–H groups in total. The molecule has 0 radical (unpaired) electrons. The summed E-state index contributed by atoms with van der Waals surface area (Å²) in [4.78, 5) is 35.2. The monoisotopic (exact) mass is 567 g/mol. The number of nitrogens with two attached hydrogens (primary N) is 1. The number of thiazole rings is 1. The van der Waals surface area contributed by atoms with E-state index in [4.69, 9.17) is 9.88 Å². The van der Waals surface area contributed by atoms with Gasteiger partial charge in [-0.15, -0.1) is 0 Å². The number of carbonyl (C=O) groups excluding carboxylic acids is 1. The van der Waals surface area contributed by atoms with Gasteiger partial charge in [0, 0.05) is 0 Å². The van der Waals surface area contributed by atoms with Gasteiger partial charge in [0.1, 0.15) is 5.75 Å². The Morgan fingerprint density at radius 3 is 2.58 bits per heavy atom. The lowest BCUT2D eigenvalue weighted by Gasteiger charge is -2.13. The summed E-state index contributed by atoms with van der Waals surface area (Å²) in [7, 11) is -3.90. The number of nitrogens with zero attached hydrogens (tertiary/aromatic N) is 3. The third-order valence-electron chi connectivity index (χ3n) is 5.42. The molecule has 13 heteroatoms. The van der Waals surface area contributed by atoms with E-state index in [0.29, 0.717) is 28.3 Å². The molecule has 3 aromatic carbocycles. The zero-order valence-corrected chi connectivity index (χ0v) is 22.4. The summed E-state index contributed by atoms with van der Waals surface area (Å²) in [5.41, 5.74) is 1.27. The fourth-order valence-corrected chi connectivity index (χ4v) is 5.96. The first-order valence-electron chi connectivity index (χ1n) is 11.3. The molecule has 2 aromatic heterocycles. The minimum Gasteiger partial charge on any atom is -0.494 e. The quantitative estimate of drug-likeness (QED) is 0.213. The second-order valence-corrected chi connectivity index (χ2v) is 11.5. The van der Waals surface area contributed by atoms with Crippen LogP contribution in [0, 0.1) is 0 Å². The van der Waals surface area contributed by atoms with E-state index in [-0.39, 0.29) is 27.3 Å². The molecule has 2 heterocycles. The van der Waals surface area contributed by atoms with E-state index in [1.54, 1.807) is 24.3 Å². The lowest BCUT2D eigenvalue weighted by Crippen LogP contribution is -2.23. The predicted octanol–water partition coefficient (Wildman–Crippen LogP) is 3.77. The van der Waals surface area contributed by atoms with Gasteiger partial charge in [-0.1, -0.05) is 35.2 Å². The van der Waals surface area contributed by atoms with E-state index in [1.807, 2.05) is 25.1 Å². The maximum atomic E-state index is 13.4. The van der Waals surface area contributed by atoms with Gasteiger partial charge in [-0.05, 0) is 61.5 Å². The highest BCUT2D eigenvalue weighted by atomic mass is 32.2. The van der Waals surface area contributed by atoms with E-state index in [2.05, 4.69) is 15.3 Å². The molecule has 5 aromatic rings. The van der Waals surface area contributed by atoms with Crippen molar-refractivity contribution >= 4 is 65.3 Å². The van der Waals surface area contributed by atoms with Crippen LogP contribution < -0.4 is 20.8 Å². The molecule has 0 atom stereocenters. The number of primary sulfonamides is 1. The van der Waals surface area contributed by atoms with Crippen molar-refractivity contribution in [2.45, 2.75) is 17.0 Å². The SMILES string of the molecule is CCOc1ccc2nc(NC(=O)CSc3nc4ccccc4c(=O)n3-c3ccc(S(N)(=O)=O)cc3)sc2c1. The number of hydrogen-bond donors (Lipinski definition) is 2. The number of anilines is 1. The van der Waals surface area contributed by atoms with Crippen LogP contribution >= 0.6 is 23.1 Å². The highest BCUT2D eigenvalue weighted by molar-refractivity contribution is 7.99. The maximum absolute atomic E-state index is 13.4. The van der Waals surface area contributed by atoms with Gasteiger partial charge in [0.25, 0.3) is 5.56 Å². The van der Waals surface area contributed by atoms with Gasteiger partial charge in [-0.2, -0.15) is 0 Å². The van der Waals surface area contributed by atoms with Crippen molar-refractivity contribution in [3.05, 3.63) is 77.1 Å². The van der Waals surface area contributed by atoms with Gasteiger partial charge in [-0.3, -0.25) is 14.2 Å². The van der Waals surface area contributed by atoms with E-state index >= 15 is 0 Å². The first-order valence-corrected chi connectivity index (χ1v) is 14.7. The number of hydrogen-bond acceptors (Lipinski definition) is 9. The summed E-state index contributed by atoms with van der Waals surface area (Å²) in [5.74, 6) is 0.368. The number of aromatic nitrogens is 3. The van der Waals surface area contributed by atoms with Gasteiger partial charge in [0.2, 0.25) is 15.9 Å². The van der Waals surface area contributed by atoms with Crippen LogP contribution in [0.5, 0.6) is 5.75 Å². The van der Waals surface area contributed by atoms with Crippen LogP contribution in [0.25, 0.3) is 26.8 Å². The molecule has 0 fully saturated rings. The molecule has 0 spiro atoms. The summed E-state index contributed by atoms with van der Waals surface area (Å²) in [6, 6.07) is 18.0. The lowest BCUT2D eigenvalue weighted by molar-refractivity contribution is -0.113. The van der Waals surface area contributed by atoms with Crippen molar-refractivity contribution in [3.63, 3.8) is 0 Å². The van der Waals surface area contributed by atoms with Crippen LogP contribution in [0.1, 0.15) is 6.92 Å². The Labute approximate surface area is 225 Å². The van der Waals surface area contributed by atoms with E-state index in [9.17, 15) is 18.0 Å². The summed E-state index contributed by atoms with van der Waals surface area (Å²) in [6.45, 7) is 2.46. The van der Waals surface area contributed by atoms with Crippen molar-refractivity contribution < 1.29 is 17.9 Å². The number of para-hydroxylation sites is 1. The van der Waals surface area contributed by atoms with Crippen LogP contribution in [0.4, 0.5) is 5.13 Å². The van der Waals surface area contributed by atoms with E-state index in [0.717, 1.165) is 27.7 Å². The predicted molar refractivity (Wildman–Crippen MR) is 149 cm³/mol. The van der Waals surface area contributed by atoms with Crippen LogP contribution in [0.3, 0.4) is 0 Å². The molecule has 0 aliphatic rings. The molecule has 5 rings (SSSR count). The van der Waals surface area contributed by atoms with Crippen LogP contribution in [0.15, 0.2) is 81.6 Å². The zero-order chi connectivity index (χ0) is 26.9. The Balaban J connectivity index is 1.42. The summed E-state index contributed by atoms with van der Waals surface area (Å²) < 4.78 is 31.1. The van der Waals surface area contributed by atoms with Crippen molar-refractivity contribution in [1.82, 2.24) is 14.5 Å². The number of ether oxygens (including phenoxy) is 1. The number of carbonyl (C=O) groups is 1. The Morgan fingerprint density at radius 1 is 1.08 bits per heavy atom. The van der Waals surface area contributed by atoms with Crippen molar-refractivity contribution in [2.24, 2.45) is 5.14 Å². The van der Waals surface area contributed by atoms with Crippen LogP contribution in [-0.2, 0) is 14.8 Å². The number of sulfonamides is 1. The van der Waals surface area contributed by atoms with Crippen LogP contribution in [0.2, 0.25) is 0 Å². The first-order chi connectivity index (χ1) is 18.2. The highest BCUT2D eigenvalue weighted by Crippen LogP contribution is 2.30. The first kappa shape index (κ1) is 25.9. The van der Waals surface area contributed by atoms with Crippen molar-refractivity contribution in [1.29, 1.82) is 0 Å². The van der Waals surface area contributed by atoms with Gasteiger partial charge >= 0.3 is 0 Å². The molecule has 0 bridgehead atoms. The Bertz CT molecular complexity index is 1830. The fourth-order valence-electron chi connectivity index (χ4n) is 3.72. The normalized spacial score (nSPS) is 11.6. The second kappa shape index (κ2) is 10.5. The van der Waals surface area contributed by atoms with Gasteiger partial charge < -0.3 is 10.1 Å². The number of rotatable bonds is 8. The number of amides is 1.